The molecule has 2 aromatic carbocycles. The van der Waals surface area contributed by atoms with Crippen LogP contribution in [0, 0.1) is 11.3 Å². The molecule has 1 unspecified atom stereocenters. The third-order valence-corrected chi connectivity index (χ3v) is 4.97. The Morgan fingerprint density at radius 1 is 1.18 bits per heavy atom. The Morgan fingerprint density at radius 2 is 2.11 bits per heavy atom. The average molecular weight is 368 g/mol. The number of hydrogen-bond donors (Lipinski definition) is 2. The monoisotopic (exact) mass is 368 g/mol. The zero-order valence-electron chi connectivity index (χ0n) is 14.9. The smallest absolute Gasteiger partial charge is 0.220 e. The Bertz CT molecular complexity index is 1240. The second kappa shape index (κ2) is 6.35. The number of rotatable bonds is 2. The van der Waals surface area contributed by atoms with E-state index in [2.05, 4.69) is 21.0 Å². The summed E-state index contributed by atoms with van der Waals surface area (Å²) in [5.41, 5.74) is 10.8. The van der Waals surface area contributed by atoms with Gasteiger partial charge >= 0.3 is 0 Å². The topological polar surface area (TPSA) is 114 Å². The van der Waals surface area contributed by atoms with Crippen LogP contribution >= 0.6 is 0 Å². The van der Waals surface area contributed by atoms with E-state index in [1.165, 1.54) is 0 Å². The summed E-state index contributed by atoms with van der Waals surface area (Å²) < 4.78 is 5.90. The number of anilines is 1. The van der Waals surface area contributed by atoms with Gasteiger partial charge in [-0.1, -0.05) is 18.2 Å². The lowest BCUT2D eigenvalue weighted by Crippen LogP contribution is -2.20. The number of aromatic nitrogens is 4. The summed E-state index contributed by atoms with van der Waals surface area (Å²) >= 11 is 0. The zero-order valence-corrected chi connectivity index (χ0v) is 14.9. The fraction of sp³-hybridized carbons (Fsp3) is 0.143. The van der Waals surface area contributed by atoms with Crippen molar-refractivity contribution in [3.63, 3.8) is 0 Å². The van der Waals surface area contributed by atoms with Gasteiger partial charge in [0, 0.05) is 11.8 Å². The van der Waals surface area contributed by atoms with E-state index in [9.17, 15) is 5.26 Å². The number of nitrogens with zero attached hydrogens (tertiary/aromatic N) is 4. The van der Waals surface area contributed by atoms with Crippen molar-refractivity contribution in [1.29, 1.82) is 5.26 Å². The molecule has 0 radical (unpaired) electrons. The molecule has 7 nitrogen and oxygen atoms in total. The molecule has 4 aromatic rings. The van der Waals surface area contributed by atoms with Gasteiger partial charge in [0.25, 0.3) is 0 Å². The molecule has 0 saturated carbocycles. The predicted molar refractivity (Wildman–Crippen MR) is 105 cm³/mol. The van der Waals surface area contributed by atoms with Crippen LogP contribution in [0.2, 0.25) is 0 Å². The van der Waals surface area contributed by atoms with Crippen LogP contribution in [-0.2, 0) is 6.42 Å². The normalized spacial score (nSPS) is 15.6. The minimum absolute atomic E-state index is 0.104. The van der Waals surface area contributed by atoms with Gasteiger partial charge in [0.1, 0.15) is 17.6 Å². The van der Waals surface area contributed by atoms with Crippen LogP contribution in [-0.4, -0.2) is 26.5 Å². The molecular weight excluding hydrogens is 352 g/mol. The van der Waals surface area contributed by atoms with Crippen molar-refractivity contribution in [2.75, 3.05) is 12.3 Å². The third-order valence-electron chi connectivity index (χ3n) is 4.97. The summed E-state index contributed by atoms with van der Waals surface area (Å²) in [5, 5.41) is 9.24. The van der Waals surface area contributed by atoms with Gasteiger partial charge in [-0.25, -0.2) is 15.0 Å². The largest absolute Gasteiger partial charge is 0.491 e. The number of hydrogen-bond acceptors (Lipinski definition) is 6. The van der Waals surface area contributed by atoms with Gasteiger partial charge in [-0.05, 0) is 36.2 Å². The van der Waals surface area contributed by atoms with Gasteiger partial charge in [0.15, 0.2) is 0 Å². The Labute approximate surface area is 160 Å². The maximum atomic E-state index is 9.24. The predicted octanol–water partition coefficient (Wildman–Crippen LogP) is 3.19. The molecule has 0 aliphatic carbocycles. The number of ether oxygens (including phenoxy) is 1. The highest BCUT2D eigenvalue weighted by Gasteiger charge is 2.25. The summed E-state index contributed by atoms with van der Waals surface area (Å²) in [6.45, 7) is 0.487. The number of nitrogen functional groups attached to an aromatic ring is 1. The summed E-state index contributed by atoms with van der Waals surface area (Å²) in [6, 6.07) is 15.6. The number of aromatic amines is 1. The van der Waals surface area contributed by atoms with Gasteiger partial charge in [-0.15, -0.1) is 0 Å². The van der Waals surface area contributed by atoms with Crippen molar-refractivity contribution in [1.82, 2.24) is 19.9 Å². The van der Waals surface area contributed by atoms with E-state index in [4.69, 9.17) is 15.5 Å². The number of para-hydroxylation sites is 1. The number of nitrogens with one attached hydrogen (secondary N) is 1. The molecule has 2 aromatic heterocycles. The quantitative estimate of drug-likeness (QED) is 0.562. The molecule has 0 fully saturated rings. The lowest BCUT2D eigenvalue weighted by atomic mass is 9.94. The molecule has 7 heteroatoms. The van der Waals surface area contributed by atoms with Crippen molar-refractivity contribution in [3.8, 4) is 23.1 Å². The van der Waals surface area contributed by atoms with Crippen molar-refractivity contribution < 1.29 is 4.74 Å². The molecular formula is C21H16N6O. The summed E-state index contributed by atoms with van der Waals surface area (Å²) in [4.78, 5) is 16.4. The van der Waals surface area contributed by atoms with Crippen LogP contribution in [0.25, 0.3) is 22.3 Å². The molecule has 3 N–H and O–H groups in total. The van der Waals surface area contributed by atoms with Gasteiger partial charge in [0.05, 0.1) is 34.8 Å². The first-order valence-corrected chi connectivity index (χ1v) is 8.94. The standard InChI is InChI=1S/C21H16N6O/c22-10-14-3-1-2-13-8-15(11-28-19(13)14)20-25-17-5-4-12(9-18(17)26-20)16-6-7-24-21(23)27-16/h1-7,9,15H,8,11H2,(H,25,26)(H2,23,24,27). The maximum Gasteiger partial charge on any atom is 0.220 e. The molecule has 136 valence electrons. The second-order valence-electron chi connectivity index (χ2n) is 6.77. The number of H-pyrrole nitrogens is 1. The number of nitriles is 1. The Balaban J connectivity index is 1.48. The van der Waals surface area contributed by atoms with E-state index in [0.29, 0.717) is 17.9 Å². The first-order chi connectivity index (χ1) is 13.7. The van der Waals surface area contributed by atoms with Gasteiger partial charge in [-0.3, -0.25) is 0 Å². The Morgan fingerprint density at radius 3 is 2.96 bits per heavy atom. The van der Waals surface area contributed by atoms with Crippen LogP contribution in [0.4, 0.5) is 5.95 Å². The molecule has 0 saturated heterocycles. The summed E-state index contributed by atoms with van der Waals surface area (Å²) in [7, 11) is 0. The van der Waals surface area contributed by atoms with Crippen LogP contribution in [0.15, 0.2) is 48.7 Å². The number of imidazole rings is 1. The lowest BCUT2D eigenvalue weighted by Gasteiger charge is -2.24. The zero-order chi connectivity index (χ0) is 19.1. The van der Waals surface area contributed by atoms with Crippen LogP contribution in [0.5, 0.6) is 5.75 Å². The highest BCUT2D eigenvalue weighted by Crippen LogP contribution is 2.34. The van der Waals surface area contributed by atoms with Crippen LogP contribution < -0.4 is 10.5 Å². The van der Waals surface area contributed by atoms with E-state index >= 15 is 0 Å². The molecule has 28 heavy (non-hydrogen) atoms. The second-order valence-corrected chi connectivity index (χ2v) is 6.77. The van der Waals surface area contributed by atoms with Crippen LogP contribution in [0.1, 0.15) is 22.9 Å². The minimum atomic E-state index is 0.104. The maximum absolute atomic E-state index is 9.24. The van der Waals surface area contributed by atoms with Crippen LogP contribution in [0.3, 0.4) is 0 Å². The first kappa shape index (κ1) is 16.3. The minimum Gasteiger partial charge on any atom is -0.491 e. The van der Waals surface area contributed by atoms with Gasteiger partial charge in [0.2, 0.25) is 5.95 Å². The SMILES string of the molecule is N#Cc1cccc2c1OCC(c1nc3ccc(-c4ccnc(N)n4)cc3[nH]1)C2. The number of nitrogens with two attached hydrogens (primary N) is 1. The summed E-state index contributed by atoms with van der Waals surface area (Å²) in [5.74, 6) is 1.92. The fourth-order valence-electron chi connectivity index (χ4n) is 3.60. The molecule has 0 spiro atoms. The molecule has 0 amide bonds. The van der Waals surface area contributed by atoms with E-state index in [0.717, 1.165) is 40.1 Å². The number of fused-ring (bicyclic) bond motifs is 2. The van der Waals surface area contributed by atoms with E-state index in [1.54, 1.807) is 12.3 Å². The van der Waals surface area contributed by atoms with Crippen molar-refractivity contribution >= 4 is 17.0 Å². The molecule has 1 atom stereocenters. The lowest BCUT2D eigenvalue weighted by molar-refractivity contribution is 0.258. The Kier molecular flexibility index (Phi) is 3.69. The molecule has 1 aliphatic rings. The van der Waals surface area contributed by atoms with Gasteiger partial charge in [-0.2, -0.15) is 5.26 Å². The number of benzene rings is 2. The molecule has 3 heterocycles. The average Bonchev–Trinajstić information content (AvgIpc) is 3.16. The van der Waals surface area contributed by atoms with Gasteiger partial charge < -0.3 is 15.5 Å². The Hall–Kier alpha value is -3.92. The van der Waals surface area contributed by atoms with E-state index < -0.39 is 0 Å². The highest BCUT2D eigenvalue weighted by atomic mass is 16.5. The molecule has 1 aliphatic heterocycles. The molecule has 0 bridgehead atoms. The fourth-order valence-corrected chi connectivity index (χ4v) is 3.60. The third kappa shape index (κ3) is 2.72. The molecule has 5 rings (SSSR count). The van der Waals surface area contributed by atoms with Crippen molar-refractivity contribution in [2.24, 2.45) is 0 Å². The van der Waals surface area contributed by atoms with E-state index in [1.807, 2.05) is 36.4 Å². The van der Waals surface area contributed by atoms with E-state index in [-0.39, 0.29) is 11.9 Å². The first-order valence-electron chi connectivity index (χ1n) is 8.94. The van der Waals surface area contributed by atoms with Crippen molar-refractivity contribution in [3.05, 3.63) is 65.6 Å². The highest BCUT2D eigenvalue weighted by molar-refractivity contribution is 5.81. The summed E-state index contributed by atoms with van der Waals surface area (Å²) in [6.07, 6.45) is 2.42. The van der Waals surface area contributed by atoms with Crippen molar-refractivity contribution in [2.45, 2.75) is 12.3 Å².